The summed E-state index contributed by atoms with van der Waals surface area (Å²) in [6.45, 7) is 5.83. The Morgan fingerprint density at radius 2 is 1.62 bits per heavy atom. The number of hydrogen-bond acceptors (Lipinski definition) is 10. The van der Waals surface area contributed by atoms with Crippen molar-refractivity contribution in [2.75, 3.05) is 0 Å². The minimum absolute atomic E-state index is 0.120. The molecular weight excluding hydrogens is 324 g/mol. The Balaban J connectivity index is 2.34. The van der Waals surface area contributed by atoms with E-state index in [0.29, 0.717) is 6.54 Å². The molecule has 1 saturated heterocycles. The maximum absolute atomic E-state index is 11.4. The van der Waals surface area contributed by atoms with Crippen molar-refractivity contribution in [2.45, 2.75) is 58.8 Å². The average Bonchev–Trinajstić information content (AvgIpc) is 3.05. The molecule has 1 aromatic heterocycles. The van der Waals surface area contributed by atoms with Gasteiger partial charge in [0.05, 0.1) is 6.54 Å². The van der Waals surface area contributed by atoms with E-state index in [1.165, 1.54) is 25.6 Å². The Bertz CT molecular complexity index is 632. The standard InChI is InChI=1S/C13H18N4O7/c1-5-17-15-12(14-16-17)10-9(21-6(2)18)11(22-7(3)19)13(24-10)23-8(4)20/h9-11,13H,5H2,1-4H3/t9-,10+,11-,13?/m1/s1. The average molecular weight is 342 g/mol. The first-order valence-corrected chi connectivity index (χ1v) is 7.26. The zero-order valence-electron chi connectivity index (χ0n) is 13.7. The Morgan fingerprint density at radius 3 is 2.12 bits per heavy atom. The van der Waals surface area contributed by atoms with Crippen molar-refractivity contribution in [1.29, 1.82) is 0 Å². The van der Waals surface area contributed by atoms with Crippen LogP contribution in [0.2, 0.25) is 0 Å². The molecule has 132 valence electrons. The van der Waals surface area contributed by atoms with Crippen molar-refractivity contribution >= 4 is 17.9 Å². The molecule has 24 heavy (non-hydrogen) atoms. The lowest BCUT2D eigenvalue weighted by Gasteiger charge is -2.22. The highest BCUT2D eigenvalue weighted by Gasteiger charge is 2.53. The van der Waals surface area contributed by atoms with Gasteiger partial charge in [-0.05, 0) is 12.1 Å². The van der Waals surface area contributed by atoms with Crippen molar-refractivity contribution in [3.05, 3.63) is 5.82 Å². The van der Waals surface area contributed by atoms with Gasteiger partial charge in [-0.25, -0.2) is 0 Å². The topological polar surface area (TPSA) is 132 Å². The number of esters is 3. The molecule has 1 fully saturated rings. The Hall–Kier alpha value is -2.56. The van der Waals surface area contributed by atoms with Crippen LogP contribution in [0, 0.1) is 0 Å². The van der Waals surface area contributed by atoms with Crippen molar-refractivity contribution in [2.24, 2.45) is 0 Å². The van der Waals surface area contributed by atoms with Gasteiger partial charge in [0.1, 0.15) is 0 Å². The van der Waals surface area contributed by atoms with Crippen LogP contribution < -0.4 is 0 Å². The predicted octanol–water partition coefficient (Wildman–Crippen LogP) is -0.483. The van der Waals surface area contributed by atoms with E-state index in [2.05, 4.69) is 15.4 Å². The number of aromatic nitrogens is 4. The van der Waals surface area contributed by atoms with Gasteiger partial charge in [-0.1, -0.05) is 0 Å². The highest BCUT2D eigenvalue weighted by atomic mass is 16.7. The Labute approximate surface area is 137 Å². The smallest absolute Gasteiger partial charge is 0.305 e. The Kier molecular flexibility index (Phi) is 5.44. The Morgan fingerprint density at radius 1 is 1.04 bits per heavy atom. The maximum Gasteiger partial charge on any atom is 0.305 e. The second-order valence-electron chi connectivity index (χ2n) is 5.02. The lowest BCUT2D eigenvalue weighted by atomic mass is 10.1. The highest BCUT2D eigenvalue weighted by Crippen LogP contribution is 2.36. The lowest BCUT2D eigenvalue weighted by Crippen LogP contribution is -2.39. The van der Waals surface area contributed by atoms with Crippen LogP contribution in [-0.4, -0.2) is 56.6 Å². The summed E-state index contributed by atoms with van der Waals surface area (Å²) < 4.78 is 20.9. The van der Waals surface area contributed by atoms with Gasteiger partial charge < -0.3 is 18.9 Å². The third-order valence-corrected chi connectivity index (χ3v) is 3.06. The number of ether oxygens (including phenoxy) is 4. The minimum Gasteiger partial charge on any atom is -0.455 e. The summed E-state index contributed by atoms with van der Waals surface area (Å²) in [5.41, 5.74) is 0. The van der Waals surface area contributed by atoms with E-state index in [1.807, 2.05) is 6.92 Å². The molecule has 0 aromatic carbocycles. The number of carbonyl (C=O) groups excluding carboxylic acids is 3. The molecule has 2 heterocycles. The maximum atomic E-state index is 11.4. The van der Waals surface area contributed by atoms with Crippen LogP contribution in [0.15, 0.2) is 0 Å². The van der Waals surface area contributed by atoms with Gasteiger partial charge in [0, 0.05) is 20.8 Å². The quantitative estimate of drug-likeness (QED) is 0.510. The van der Waals surface area contributed by atoms with Crippen molar-refractivity contribution in [1.82, 2.24) is 20.2 Å². The monoisotopic (exact) mass is 342 g/mol. The molecule has 1 aromatic rings. The zero-order chi connectivity index (χ0) is 17.9. The van der Waals surface area contributed by atoms with Crippen LogP contribution in [0.5, 0.6) is 0 Å². The van der Waals surface area contributed by atoms with Gasteiger partial charge in [0.25, 0.3) is 0 Å². The number of aryl methyl sites for hydroxylation is 1. The summed E-state index contributed by atoms with van der Waals surface area (Å²) in [6.07, 6.45) is -4.48. The number of carbonyl (C=O) groups is 3. The third-order valence-electron chi connectivity index (χ3n) is 3.06. The van der Waals surface area contributed by atoms with E-state index in [-0.39, 0.29) is 5.82 Å². The predicted molar refractivity (Wildman–Crippen MR) is 74.0 cm³/mol. The van der Waals surface area contributed by atoms with Crippen LogP contribution in [0.3, 0.4) is 0 Å². The molecule has 0 bridgehead atoms. The first-order valence-electron chi connectivity index (χ1n) is 7.26. The fourth-order valence-corrected chi connectivity index (χ4v) is 2.23. The summed E-state index contributed by atoms with van der Waals surface area (Å²) in [4.78, 5) is 35.3. The van der Waals surface area contributed by atoms with Crippen LogP contribution in [0.1, 0.15) is 39.6 Å². The first-order chi connectivity index (χ1) is 11.3. The second kappa shape index (κ2) is 7.34. The van der Waals surface area contributed by atoms with Crippen LogP contribution in [-0.2, 0) is 39.9 Å². The normalized spacial score (nSPS) is 26.0. The highest BCUT2D eigenvalue weighted by molar-refractivity contribution is 5.68. The van der Waals surface area contributed by atoms with Gasteiger partial charge in [-0.2, -0.15) is 4.80 Å². The van der Waals surface area contributed by atoms with E-state index < -0.39 is 42.5 Å². The molecule has 0 N–H and O–H groups in total. The van der Waals surface area contributed by atoms with Crippen LogP contribution in [0.25, 0.3) is 0 Å². The van der Waals surface area contributed by atoms with E-state index >= 15 is 0 Å². The molecule has 2 rings (SSSR count). The van der Waals surface area contributed by atoms with Gasteiger partial charge in [-0.3, -0.25) is 14.4 Å². The summed E-state index contributed by atoms with van der Waals surface area (Å²) >= 11 is 0. The van der Waals surface area contributed by atoms with Gasteiger partial charge in [-0.15, -0.1) is 10.2 Å². The van der Waals surface area contributed by atoms with Gasteiger partial charge in [0.2, 0.25) is 18.2 Å². The summed E-state index contributed by atoms with van der Waals surface area (Å²) in [7, 11) is 0. The van der Waals surface area contributed by atoms with E-state index in [9.17, 15) is 14.4 Å². The lowest BCUT2D eigenvalue weighted by molar-refractivity contribution is -0.195. The van der Waals surface area contributed by atoms with Crippen LogP contribution >= 0.6 is 0 Å². The molecular formula is C13H18N4O7. The van der Waals surface area contributed by atoms with Crippen molar-refractivity contribution in [3.8, 4) is 0 Å². The fourth-order valence-electron chi connectivity index (χ4n) is 2.23. The molecule has 0 aliphatic carbocycles. The minimum atomic E-state index is -1.26. The summed E-state index contributed by atoms with van der Waals surface area (Å²) in [6, 6.07) is 0. The molecule has 11 nitrogen and oxygen atoms in total. The molecule has 1 aliphatic heterocycles. The molecule has 1 unspecified atom stereocenters. The summed E-state index contributed by atoms with van der Waals surface area (Å²) in [5, 5.41) is 11.7. The van der Waals surface area contributed by atoms with E-state index in [0.717, 1.165) is 0 Å². The van der Waals surface area contributed by atoms with E-state index in [1.54, 1.807) is 0 Å². The number of rotatable bonds is 5. The first kappa shape index (κ1) is 17.8. The van der Waals surface area contributed by atoms with Crippen LogP contribution in [0.4, 0.5) is 0 Å². The summed E-state index contributed by atoms with van der Waals surface area (Å²) in [5.74, 6) is -1.81. The molecule has 0 amide bonds. The second-order valence-corrected chi connectivity index (χ2v) is 5.02. The molecule has 4 atom stereocenters. The SMILES string of the molecule is CCn1nnc([C@H]2OC(OC(C)=O)[C@H](OC(C)=O)[C@@H]2OC(C)=O)n1. The van der Waals surface area contributed by atoms with Gasteiger partial charge >= 0.3 is 17.9 Å². The molecule has 0 radical (unpaired) electrons. The molecule has 0 saturated carbocycles. The molecule has 0 spiro atoms. The zero-order valence-corrected chi connectivity index (χ0v) is 13.7. The number of tetrazole rings is 1. The van der Waals surface area contributed by atoms with E-state index in [4.69, 9.17) is 18.9 Å². The number of nitrogens with zero attached hydrogens (tertiary/aromatic N) is 4. The third kappa shape index (κ3) is 4.04. The molecule has 1 aliphatic rings. The van der Waals surface area contributed by atoms with Gasteiger partial charge in [0.15, 0.2) is 12.2 Å². The molecule has 11 heteroatoms. The number of hydrogen-bond donors (Lipinski definition) is 0. The van der Waals surface area contributed by atoms with Crippen molar-refractivity contribution in [3.63, 3.8) is 0 Å². The largest absolute Gasteiger partial charge is 0.455 e. The fraction of sp³-hybridized carbons (Fsp3) is 0.692. The van der Waals surface area contributed by atoms with Crippen molar-refractivity contribution < 1.29 is 33.3 Å².